The van der Waals surface area contributed by atoms with Gasteiger partial charge in [-0.15, -0.1) is 0 Å². The topological polar surface area (TPSA) is 43.4 Å². The Morgan fingerprint density at radius 2 is 2.27 bits per heavy atom. The van der Waals surface area contributed by atoms with Gasteiger partial charge in [0.25, 0.3) is 0 Å². The third kappa shape index (κ3) is 2.48. The molecule has 2 aliphatic rings. The molecule has 0 amide bonds. The van der Waals surface area contributed by atoms with Crippen molar-refractivity contribution in [1.29, 1.82) is 0 Å². The van der Waals surface area contributed by atoms with Crippen molar-refractivity contribution in [3.63, 3.8) is 0 Å². The fraction of sp³-hybridized carbons (Fsp3) is 0.909. The second kappa shape index (κ2) is 4.74. The van der Waals surface area contributed by atoms with Crippen LogP contribution in [-0.2, 0) is 20.3 Å². The average molecular weight is 230 g/mol. The van der Waals surface area contributed by atoms with Gasteiger partial charge in [-0.25, -0.2) is 0 Å². The van der Waals surface area contributed by atoms with Crippen molar-refractivity contribution in [2.24, 2.45) is 5.92 Å². The van der Waals surface area contributed by atoms with Crippen LogP contribution in [-0.4, -0.2) is 33.7 Å². The summed E-state index contributed by atoms with van der Waals surface area (Å²) in [5.41, 5.74) is 0. The Morgan fingerprint density at radius 1 is 1.47 bits per heavy atom. The average Bonchev–Trinajstić information content (AvgIpc) is 2.79. The smallest absolute Gasteiger partial charge is 0.136 e. The van der Waals surface area contributed by atoms with Crippen molar-refractivity contribution in [3.8, 4) is 0 Å². The largest absolute Gasteiger partial charge is 0.377 e. The quantitative estimate of drug-likeness (QED) is 0.733. The number of ketones is 1. The molecule has 1 saturated heterocycles. The minimum absolute atomic E-state index is 0.00719. The van der Waals surface area contributed by atoms with E-state index in [0.717, 1.165) is 25.9 Å². The van der Waals surface area contributed by atoms with Crippen LogP contribution in [0, 0.1) is 5.92 Å². The number of hydrogen-bond acceptors (Lipinski definition) is 3. The Balaban J connectivity index is 1.87. The van der Waals surface area contributed by atoms with Crippen LogP contribution in [0.3, 0.4) is 0 Å². The van der Waals surface area contributed by atoms with Gasteiger partial charge in [-0.2, -0.15) is 0 Å². The molecule has 4 atom stereocenters. The summed E-state index contributed by atoms with van der Waals surface area (Å²) < 4.78 is 17.5. The van der Waals surface area contributed by atoms with E-state index in [1.165, 1.54) is 0 Å². The lowest BCUT2D eigenvalue weighted by Crippen LogP contribution is -2.27. The first kappa shape index (κ1) is 11.3. The molecule has 2 fully saturated rings. The van der Waals surface area contributed by atoms with E-state index in [1.807, 2.05) is 6.92 Å². The summed E-state index contributed by atoms with van der Waals surface area (Å²) >= 11 is 0. The van der Waals surface area contributed by atoms with Crippen LogP contribution in [0.5, 0.6) is 0 Å². The van der Waals surface area contributed by atoms with Crippen molar-refractivity contribution in [1.82, 2.24) is 0 Å². The molecular weight excluding hydrogens is 212 g/mol. The van der Waals surface area contributed by atoms with E-state index >= 15 is 0 Å². The normalized spacial score (nSPS) is 38.5. The lowest BCUT2D eigenvalue weighted by molar-refractivity contribution is -0.120. The molecule has 1 heterocycles. The minimum atomic E-state index is -0.882. The molecule has 1 aliphatic heterocycles. The zero-order valence-corrected chi connectivity index (χ0v) is 9.92. The fourth-order valence-corrected chi connectivity index (χ4v) is 4.28. The molecule has 0 spiro atoms. The Hall–Kier alpha value is -0.220. The maximum atomic E-state index is 12.0. The molecule has 0 N–H and O–H groups in total. The molecule has 0 aromatic carbocycles. The van der Waals surface area contributed by atoms with Crippen molar-refractivity contribution >= 4 is 16.6 Å². The summed E-state index contributed by atoms with van der Waals surface area (Å²) in [6.45, 7) is 2.72. The highest BCUT2D eigenvalue weighted by Crippen LogP contribution is 2.27. The molecule has 4 unspecified atom stereocenters. The first-order valence-electron chi connectivity index (χ1n) is 5.70. The summed E-state index contributed by atoms with van der Waals surface area (Å²) in [5, 5.41) is 0.0849. The first-order chi connectivity index (χ1) is 7.18. The number of carbonyl (C=O) groups excluding carboxylic acids is 1. The summed E-state index contributed by atoms with van der Waals surface area (Å²) in [7, 11) is -0.882. The molecule has 3 nitrogen and oxygen atoms in total. The van der Waals surface area contributed by atoms with E-state index in [-0.39, 0.29) is 23.1 Å². The molecule has 1 aliphatic carbocycles. The zero-order valence-electron chi connectivity index (χ0n) is 9.11. The second-order valence-corrected chi connectivity index (χ2v) is 6.21. The fourth-order valence-electron chi connectivity index (χ4n) is 2.41. The third-order valence-corrected chi connectivity index (χ3v) is 5.47. The lowest BCUT2D eigenvalue weighted by Gasteiger charge is -2.16. The summed E-state index contributed by atoms with van der Waals surface area (Å²) in [6.07, 6.45) is 3.71. The van der Waals surface area contributed by atoms with Crippen LogP contribution in [0.1, 0.15) is 32.6 Å². The van der Waals surface area contributed by atoms with E-state index < -0.39 is 10.8 Å². The Kier molecular flexibility index (Phi) is 3.57. The molecule has 0 aromatic heterocycles. The van der Waals surface area contributed by atoms with Gasteiger partial charge in [-0.1, -0.05) is 6.92 Å². The Labute approximate surface area is 93.0 Å². The van der Waals surface area contributed by atoms with Crippen molar-refractivity contribution in [3.05, 3.63) is 0 Å². The maximum Gasteiger partial charge on any atom is 0.136 e. The van der Waals surface area contributed by atoms with Gasteiger partial charge in [0.1, 0.15) is 5.78 Å². The van der Waals surface area contributed by atoms with Crippen LogP contribution in [0.15, 0.2) is 0 Å². The number of Topliss-reactive ketones (excluding diaryl/α,β-unsaturated/α-hetero) is 1. The van der Waals surface area contributed by atoms with E-state index in [1.54, 1.807) is 0 Å². The van der Waals surface area contributed by atoms with Gasteiger partial charge in [0, 0.05) is 35.0 Å². The van der Waals surface area contributed by atoms with E-state index in [2.05, 4.69) is 0 Å². The van der Waals surface area contributed by atoms with Crippen molar-refractivity contribution < 1.29 is 13.7 Å². The molecule has 0 bridgehead atoms. The van der Waals surface area contributed by atoms with Crippen molar-refractivity contribution in [2.45, 2.75) is 44.0 Å². The molecule has 86 valence electrons. The SMILES string of the molecule is CC1C(=O)CCC1S(=O)CC1CCCO1. The van der Waals surface area contributed by atoms with E-state index in [9.17, 15) is 9.00 Å². The van der Waals surface area contributed by atoms with Gasteiger partial charge in [0.15, 0.2) is 0 Å². The monoisotopic (exact) mass is 230 g/mol. The summed E-state index contributed by atoms with van der Waals surface area (Å²) in [5.74, 6) is 0.898. The highest BCUT2D eigenvalue weighted by molar-refractivity contribution is 7.85. The first-order valence-corrected chi connectivity index (χ1v) is 7.08. The van der Waals surface area contributed by atoms with Crippen LogP contribution < -0.4 is 0 Å². The Morgan fingerprint density at radius 3 is 2.80 bits per heavy atom. The van der Waals surface area contributed by atoms with Crippen molar-refractivity contribution in [2.75, 3.05) is 12.4 Å². The van der Waals surface area contributed by atoms with E-state index in [0.29, 0.717) is 12.2 Å². The van der Waals surface area contributed by atoms with Crippen LogP contribution >= 0.6 is 0 Å². The summed E-state index contributed by atoms with van der Waals surface area (Å²) in [6, 6.07) is 0. The zero-order chi connectivity index (χ0) is 10.8. The molecule has 4 heteroatoms. The number of rotatable bonds is 3. The van der Waals surface area contributed by atoms with Gasteiger partial charge < -0.3 is 4.74 Å². The number of ether oxygens (including phenoxy) is 1. The minimum Gasteiger partial charge on any atom is -0.377 e. The highest BCUT2D eigenvalue weighted by Gasteiger charge is 2.36. The molecule has 0 radical (unpaired) electrons. The van der Waals surface area contributed by atoms with Crippen LogP contribution in [0.2, 0.25) is 0 Å². The van der Waals surface area contributed by atoms with Gasteiger partial charge in [-0.05, 0) is 19.3 Å². The highest BCUT2D eigenvalue weighted by atomic mass is 32.2. The lowest BCUT2D eigenvalue weighted by atomic mass is 10.1. The number of hydrogen-bond donors (Lipinski definition) is 0. The number of carbonyl (C=O) groups is 1. The predicted molar refractivity (Wildman–Crippen MR) is 59.2 cm³/mol. The molecule has 1 saturated carbocycles. The van der Waals surface area contributed by atoms with Gasteiger partial charge in [-0.3, -0.25) is 9.00 Å². The standard InChI is InChI=1S/C11H18O3S/c1-8-10(12)4-5-11(8)15(13)7-9-3-2-6-14-9/h8-9,11H,2-7H2,1H3. The molecule has 0 aromatic rings. The summed E-state index contributed by atoms with van der Waals surface area (Å²) in [4.78, 5) is 11.4. The predicted octanol–water partition coefficient (Wildman–Crippen LogP) is 1.28. The van der Waals surface area contributed by atoms with Crippen LogP contribution in [0.4, 0.5) is 0 Å². The molecule has 2 rings (SSSR count). The molecular formula is C11H18O3S. The molecule has 15 heavy (non-hydrogen) atoms. The third-order valence-electron chi connectivity index (χ3n) is 3.45. The van der Waals surface area contributed by atoms with Gasteiger partial charge in [0.2, 0.25) is 0 Å². The second-order valence-electron chi connectivity index (χ2n) is 4.51. The van der Waals surface area contributed by atoms with Gasteiger partial charge in [0.05, 0.1) is 11.9 Å². The maximum absolute atomic E-state index is 12.0. The van der Waals surface area contributed by atoms with Gasteiger partial charge >= 0.3 is 0 Å². The Bertz CT molecular complexity index is 271. The van der Waals surface area contributed by atoms with Crippen LogP contribution in [0.25, 0.3) is 0 Å². The van der Waals surface area contributed by atoms with E-state index in [4.69, 9.17) is 4.74 Å².